The molecule has 3 rings (SSSR count). The lowest BCUT2D eigenvalue weighted by Gasteiger charge is -2.23. The van der Waals surface area contributed by atoms with E-state index in [0.29, 0.717) is 6.04 Å². The summed E-state index contributed by atoms with van der Waals surface area (Å²) in [6, 6.07) is 0.448. The van der Waals surface area contributed by atoms with Gasteiger partial charge in [0.1, 0.15) is 5.69 Å². The van der Waals surface area contributed by atoms with E-state index in [9.17, 15) is 0 Å². The van der Waals surface area contributed by atoms with Gasteiger partial charge in [-0.2, -0.15) is 0 Å². The number of imidazole rings is 1. The number of piperidine rings is 1. The smallest absolute Gasteiger partial charge is 0.107 e. The fourth-order valence-corrected chi connectivity index (χ4v) is 2.35. The van der Waals surface area contributed by atoms with E-state index in [-0.39, 0.29) is 0 Å². The maximum absolute atomic E-state index is 4.23. The van der Waals surface area contributed by atoms with Gasteiger partial charge in [-0.05, 0) is 25.9 Å². The zero-order valence-electron chi connectivity index (χ0n) is 9.87. The highest BCUT2D eigenvalue weighted by atomic mass is 15.4. The number of nitrogens with zero attached hydrogens (tertiary/aromatic N) is 5. The summed E-state index contributed by atoms with van der Waals surface area (Å²) in [5.41, 5.74) is 2.12. The molecule has 1 fully saturated rings. The Kier molecular flexibility index (Phi) is 2.64. The molecule has 0 bridgehead atoms. The standard InChI is InChI=1S/C11H16N6/c1-16-8-13-6-10(16)11-7-14-15-17(11)9-2-4-12-5-3-9/h6-9,12H,2-5H2,1H3. The van der Waals surface area contributed by atoms with Crippen LogP contribution in [0.2, 0.25) is 0 Å². The predicted octanol–water partition coefficient (Wildman–Crippen LogP) is 0.603. The molecule has 0 radical (unpaired) electrons. The number of aromatic nitrogens is 5. The van der Waals surface area contributed by atoms with Crippen LogP contribution in [0.5, 0.6) is 0 Å². The van der Waals surface area contributed by atoms with Crippen LogP contribution in [0.3, 0.4) is 0 Å². The van der Waals surface area contributed by atoms with Gasteiger partial charge < -0.3 is 9.88 Å². The van der Waals surface area contributed by atoms with E-state index in [0.717, 1.165) is 37.3 Å². The maximum atomic E-state index is 4.23. The normalized spacial score (nSPS) is 17.5. The minimum atomic E-state index is 0.448. The molecule has 0 spiro atoms. The third kappa shape index (κ3) is 1.84. The van der Waals surface area contributed by atoms with Crippen molar-refractivity contribution in [3.8, 4) is 11.4 Å². The van der Waals surface area contributed by atoms with Gasteiger partial charge in [0, 0.05) is 7.05 Å². The second-order valence-electron chi connectivity index (χ2n) is 4.43. The molecule has 0 aromatic carbocycles. The Morgan fingerprint density at radius 1 is 1.24 bits per heavy atom. The lowest BCUT2D eigenvalue weighted by atomic mass is 10.1. The number of aryl methyl sites for hydroxylation is 1. The molecule has 0 saturated carbocycles. The summed E-state index contributed by atoms with van der Waals surface area (Å²) in [5, 5.41) is 11.6. The Morgan fingerprint density at radius 3 is 2.76 bits per heavy atom. The summed E-state index contributed by atoms with van der Waals surface area (Å²) in [4.78, 5) is 4.15. The molecule has 1 N–H and O–H groups in total. The van der Waals surface area contributed by atoms with Crippen molar-refractivity contribution < 1.29 is 0 Å². The molecule has 1 aliphatic heterocycles. The summed E-state index contributed by atoms with van der Waals surface area (Å²) in [6.07, 6.45) is 7.69. The van der Waals surface area contributed by atoms with E-state index < -0.39 is 0 Å². The minimum Gasteiger partial charge on any atom is -0.332 e. The zero-order valence-corrected chi connectivity index (χ0v) is 9.87. The Morgan fingerprint density at radius 2 is 2.06 bits per heavy atom. The van der Waals surface area contributed by atoms with E-state index >= 15 is 0 Å². The van der Waals surface area contributed by atoms with Crippen molar-refractivity contribution in [2.45, 2.75) is 18.9 Å². The lowest BCUT2D eigenvalue weighted by Crippen LogP contribution is -2.30. The summed E-state index contributed by atoms with van der Waals surface area (Å²) < 4.78 is 4.04. The van der Waals surface area contributed by atoms with Crippen molar-refractivity contribution in [3.05, 3.63) is 18.7 Å². The van der Waals surface area contributed by atoms with E-state index in [2.05, 4.69) is 20.6 Å². The molecule has 0 aliphatic carbocycles. The van der Waals surface area contributed by atoms with Crippen LogP contribution in [0, 0.1) is 0 Å². The lowest BCUT2D eigenvalue weighted by molar-refractivity contribution is 0.340. The Hall–Kier alpha value is -1.69. The molecule has 1 saturated heterocycles. The van der Waals surface area contributed by atoms with Gasteiger partial charge in [0.2, 0.25) is 0 Å². The third-order valence-corrected chi connectivity index (χ3v) is 3.31. The van der Waals surface area contributed by atoms with Gasteiger partial charge in [-0.25, -0.2) is 9.67 Å². The van der Waals surface area contributed by atoms with Crippen LogP contribution in [0.1, 0.15) is 18.9 Å². The number of rotatable bonds is 2. The number of hydrogen-bond donors (Lipinski definition) is 1. The summed E-state index contributed by atoms with van der Waals surface area (Å²) in [7, 11) is 1.99. The molecule has 3 heterocycles. The van der Waals surface area contributed by atoms with E-state index in [4.69, 9.17) is 0 Å². The van der Waals surface area contributed by atoms with Crippen molar-refractivity contribution >= 4 is 0 Å². The molecule has 90 valence electrons. The van der Waals surface area contributed by atoms with Crippen molar-refractivity contribution in [1.82, 2.24) is 29.9 Å². The molecule has 6 heteroatoms. The predicted molar refractivity (Wildman–Crippen MR) is 63.4 cm³/mol. The molecule has 0 amide bonds. The Labute approximate surface area is 99.7 Å². The Bertz CT molecular complexity index is 494. The fraction of sp³-hybridized carbons (Fsp3) is 0.545. The highest BCUT2D eigenvalue weighted by molar-refractivity contribution is 5.52. The maximum Gasteiger partial charge on any atom is 0.107 e. The van der Waals surface area contributed by atoms with E-state index in [1.807, 2.05) is 28.7 Å². The highest BCUT2D eigenvalue weighted by Crippen LogP contribution is 2.24. The molecular weight excluding hydrogens is 216 g/mol. The first-order chi connectivity index (χ1) is 8.36. The third-order valence-electron chi connectivity index (χ3n) is 3.31. The van der Waals surface area contributed by atoms with Crippen molar-refractivity contribution in [3.63, 3.8) is 0 Å². The second-order valence-corrected chi connectivity index (χ2v) is 4.43. The van der Waals surface area contributed by atoms with Crippen LogP contribution >= 0.6 is 0 Å². The van der Waals surface area contributed by atoms with Gasteiger partial charge >= 0.3 is 0 Å². The fourth-order valence-electron chi connectivity index (χ4n) is 2.35. The second kappa shape index (κ2) is 4.29. The molecule has 2 aromatic heterocycles. The molecule has 17 heavy (non-hydrogen) atoms. The Balaban J connectivity index is 1.96. The van der Waals surface area contributed by atoms with Crippen molar-refractivity contribution in [2.75, 3.05) is 13.1 Å². The zero-order chi connectivity index (χ0) is 11.7. The molecule has 0 unspecified atom stereocenters. The SMILES string of the molecule is Cn1cncc1-c1cnnn1C1CCNCC1. The molecule has 6 nitrogen and oxygen atoms in total. The van der Waals surface area contributed by atoms with Crippen molar-refractivity contribution in [2.24, 2.45) is 7.05 Å². The van der Waals surface area contributed by atoms with Crippen LogP contribution < -0.4 is 5.32 Å². The first-order valence-electron chi connectivity index (χ1n) is 5.94. The van der Waals surface area contributed by atoms with Gasteiger partial charge in [-0.1, -0.05) is 5.21 Å². The van der Waals surface area contributed by atoms with Gasteiger partial charge in [0.25, 0.3) is 0 Å². The average molecular weight is 232 g/mol. The molecular formula is C11H16N6. The number of nitrogens with one attached hydrogen (secondary N) is 1. The van der Waals surface area contributed by atoms with E-state index in [1.165, 1.54) is 0 Å². The van der Waals surface area contributed by atoms with Gasteiger partial charge in [-0.3, -0.25) is 0 Å². The van der Waals surface area contributed by atoms with Gasteiger partial charge in [-0.15, -0.1) is 5.10 Å². The molecule has 1 aliphatic rings. The highest BCUT2D eigenvalue weighted by Gasteiger charge is 2.20. The summed E-state index contributed by atoms with van der Waals surface area (Å²) in [5.74, 6) is 0. The van der Waals surface area contributed by atoms with E-state index in [1.54, 1.807) is 6.33 Å². The largest absolute Gasteiger partial charge is 0.332 e. The molecule has 2 aromatic rings. The van der Waals surface area contributed by atoms with Gasteiger partial charge in [0.15, 0.2) is 0 Å². The first-order valence-corrected chi connectivity index (χ1v) is 5.94. The van der Waals surface area contributed by atoms with Gasteiger partial charge in [0.05, 0.1) is 30.5 Å². The summed E-state index contributed by atoms with van der Waals surface area (Å²) >= 11 is 0. The quantitative estimate of drug-likeness (QED) is 0.824. The topological polar surface area (TPSA) is 60.6 Å². The van der Waals surface area contributed by atoms with Crippen LogP contribution in [0.25, 0.3) is 11.4 Å². The van der Waals surface area contributed by atoms with Crippen LogP contribution in [0.15, 0.2) is 18.7 Å². The average Bonchev–Trinajstić information content (AvgIpc) is 2.98. The number of hydrogen-bond acceptors (Lipinski definition) is 4. The first kappa shape index (κ1) is 10.5. The monoisotopic (exact) mass is 232 g/mol. The van der Waals surface area contributed by atoms with Crippen LogP contribution in [0.4, 0.5) is 0 Å². The summed E-state index contributed by atoms with van der Waals surface area (Å²) in [6.45, 7) is 2.10. The molecule has 0 atom stereocenters. The van der Waals surface area contributed by atoms with Crippen LogP contribution in [-0.2, 0) is 7.05 Å². The van der Waals surface area contributed by atoms with Crippen LogP contribution in [-0.4, -0.2) is 37.6 Å². The minimum absolute atomic E-state index is 0.448. The van der Waals surface area contributed by atoms with Crippen molar-refractivity contribution in [1.29, 1.82) is 0 Å².